The van der Waals surface area contributed by atoms with Crippen LogP contribution < -0.4 is 0 Å². The summed E-state index contributed by atoms with van der Waals surface area (Å²) in [6.45, 7) is 4.49. The van der Waals surface area contributed by atoms with Gasteiger partial charge in [-0.1, -0.05) is 339 Å². The predicted octanol–water partition coefficient (Wildman–Crippen LogP) is 24.6. The number of phosphoric ester groups is 1. The van der Waals surface area contributed by atoms with Crippen molar-refractivity contribution < 1.29 is 42.1 Å². The number of hydrogen-bond acceptors (Lipinski definition) is 7. The lowest BCUT2D eigenvalue weighted by atomic mass is 10.0. The fourth-order valence-corrected chi connectivity index (χ4v) is 12.1. The Hall–Kier alpha value is -1.77. The van der Waals surface area contributed by atoms with Crippen LogP contribution >= 0.6 is 7.82 Å². The summed E-state index contributed by atoms with van der Waals surface area (Å²) >= 11 is 0. The van der Waals surface area contributed by atoms with Crippen molar-refractivity contribution in [3.8, 4) is 0 Å². The molecule has 10 heteroatoms. The molecule has 86 heavy (non-hydrogen) atoms. The zero-order valence-electron chi connectivity index (χ0n) is 58.1. The van der Waals surface area contributed by atoms with E-state index in [0.717, 1.165) is 38.5 Å². The smallest absolute Gasteiger partial charge is 0.462 e. The fourth-order valence-electron chi connectivity index (χ4n) is 11.3. The second-order valence-corrected chi connectivity index (χ2v) is 28.5. The number of carbonyl (C=O) groups is 2. The van der Waals surface area contributed by atoms with E-state index in [-0.39, 0.29) is 25.6 Å². The summed E-state index contributed by atoms with van der Waals surface area (Å²) in [7, 11) is 1.50. The maximum atomic E-state index is 12.9. The summed E-state index contributed by atoms with van der Waals surface area (Å²) in [5, 5.41) is 0. The van der Waals surface area contributed by atoms with E-state index in [1.165, 1.54) is 315 Å². The molecule has 1 N–H and O–H groups in total. The first-order valence-electron chi connectivity index (χ1n) is 37.7. The quantitative estimate of drug-likeness (QED) is 0.0211. The van der Waals surface area contributed by atoms with Crippen molar-refractivity contribution in [3.05, 3.63) is 36.5 Å². The highest BCUT2D eigenvalue weighted by Gasteiger charge is 2.27. The van der Waals surface area contributed by atoms with Crippen LogP contribution in [0, 0.1) is 0 Å². The lowest BCUT2D eigenvalue weighted by molar-refractivity contribution is -0.870. The Bertz CT molecular complexity index is 1540. The average molecular weight is 1230 g/mol. The number of rotatable bonds is 71. The Morgan fingerprint density at radius 2 is 0.628 bits per heavy atom. The lowest BCUT2D eigenvalue weighted by Gasteiger charge is -2.24. The third-order valence-corrected chi connectivity index (χ3v) is 18.1. The number of esters is 2. The summed E-state index contributed by atoms with van der Waals surface area (Å²) in [6, 6.07) is 0. The van der Waals surface area contributed by atoms with Crippen LogP contribution in [0.4, 0.5) is 0 Å². The zero-order valence-corrected chi connectivity index (χ0v) is 59.0. The summed E-state index contributed by atoms with van der Waals surface area (Å²) in [6.07, 6.45) is 87.1. The van der Waals surface area contributed by atoms with E-state index in [9.17, 15) is 19.0 Å². The molecule has 0 aromatic rings. The van der Waals surface area contributed by atoms with Crippen LogP contribution in [0.15, 0.2) is 36.5 Å². The fraction of sp³-hybridized carbons (Fsp3) is 0.895. The van der Waals surface area contributed by atoms with Crippen molar-refractivity contribution in [2.75, 3.05) is 47.5 Å². The van der Waals surface area contributed by atoms with Crippen molar-refractivity contribution in [3.63, 3.8) is 0 Å². The molecular weight excluding hydrogens is 1090 g/mol. The normalized spacial score (nSPS) is 13.2. The second kappa shape index (κ2) is 67.6. The Kier molecular flexibility index (Phi) is 66.2. The minimum atomic E-state index is -4.39. The SMILES string of the molecule is CCCCCCC/C=C\C/C=C\CCCCCCCCCCCCCCCCCCCCCCCCCCCCCC(=O)OC(COC(=O)CCCCCCCCCCCCC/C=C\CCCCCCCCCC)COP(=O)(O)OCC[N+](C)(C)C. The van der Waals surface area contributed by atoms with E-state index in [1.807, 2.05) is 21.1 Å². The molecule has 0 radical (unpaired) electrons. The molecule has 0 aromatic carbocycles. The maximum absolute atomic E-state index is 12.9. The number of ether oxygens (including phenoxy) is 2. The van der Waals surface area contributed by atoms with E-state index >= 15 is 0 Å². The van der Waals surface area contributed by atoms with Gasteiger partial charge in [0.15, 0.2) is 6.10 Å². The van der Waals surface area contributed by atoms with Crippen molar-refractivity contribution >= 4 is 19.8 Å². The first kappa shape index (κ1) is 84.2. The van der Waals surface area contributed by atoms with Gasteiger partial charge in [0.05, 0.1) is 27.7 Å². The Labute approximate surface area is 535 Å². The molecule has 0 bridgehead atoms. The van der Waals surface area contributed by atoms with Gasteiger partial charge in [0.25, 0.3) is 0 Å². The van der Waals surface area contributed by atoms with Gasteiger partial charge in [-0.3, -0.25) is 18.6 Å². The average Bonchev–Trinajstić information content (AvgIpc) is 3.56. The molecule has 0 aliphatic heterocycles. The minimum absolute atomic E-state index is 0.0347. The van der Waals surface area contributed by atoms with Crippen LogP contribution in [0.3, 0.4) is 0 Å². The number of allylic oxidation sites excluding steroid dienone is 6. The van der Waals surface area contributed by atoms with Gasteiger partial charge in [-0.05, 0) is 70.6 Å². The van der Waals surface area contributed by atoms with Gasteiger partial charge >= 0.3 is 19.8 Å². The first-order chi connectivity index (χ1) is 42.0. The third kappa shape index (κ3) is 71.3. The van der Waals surface area contributed by atoms with Crippen LogP contribution in [-0.2, 0) is 32.7 Å². The molecule has 0 saturated carbocycles. The van der Waals surface area contributed by atoms with Crippen molar-refractivity contribution in [1.82, 2.24) is 0 Å². The van der Waals surface area contributed by atoms with Gasteiger partial charge in [-0.25, -0.2) is 4.57 Å². The minimum Gasteiger partial charge on any atom is -0.462 e. The summed E-state index contributed by atoms with van der Waals surface area (Å²) in [4.78, 5) is 35.9. The summed E-state index contributed by atoms with van der Waals surface area (Å²) in [5.41, 5.74) is 0. The maximum Gasteiger partial charge on any atom is 0.472 e. The number of quaternary nitrogens is 1. The number of hydrogen-bond donors (Lipinski definition) is 1. The number of phosphoric acid groups is 1. The highest BCUT2D eigenvalue weighted by molar-refractivity contribution is 7.47. The van der Waals surface area contributed by atoms with Crippen LogP contribution in [0.2, 0.25) is 0 Å². The molecule has 0 saturated heterocycles. The number of likely N-dealkylation sites (N-methyl/N-ethyl adjacent to an activating group) is 1. The number of nitrogens with zero attached hydrogens (tertiary/aromatic N) is 1. The molecular formula is C76H147NO8P+. The van der Waals surface area contributed by atoms with E-state index in [1.54, 1.807) is 0 Å². The first-order valence-corrected chi connectivity index (χ1v) is 39.2. The third-order valence-electron chi connectivity index (χ3n) is 17.1. The topological polar surface area (TPSA) is 108 Å². The monoisotopic (exact) mass is 1230 g/mol. The molecule has 2 unspecified atom stereocenters. The van der Waals surface area contributed by atoms with E-state index in [2.05, 4.69) is 50.3 Å². The van der Waals surface area contributed by atoms with E-state index in [0.29, 0.717) is 23.9 Å². The van der Waals surface area contributed by atoms with E-state index < -0.39 is 26.5 Å². The largest absolute Gasteiger partial charge is 0.472 e. The Morgan fingerprint density at radius 1 is 0.360 bits per heavy atom. The van der Waals surface area contributed by atoms with Crippen molar-refractivity contribution in [1.29, 1.82) is 0 Å². The zero-order chi connectivity index (χ0) is 62.6. The van der Waals surface area contributed by atoms with Crippen LogP contribution in [0.5, 0.6) is 0 Å². The molecule has 0 rings (SSSR count). The number of unbranched alkanes of at least 4 members (excludes halogenated alkanes) is 51. The summed E-state index contributed by atoms with van der Waals surface area (Å²) < 4.78 is 34.8. The van der Waals surface area contributed by atoms with Crippen molar-refractivity contribution in [2.45, 2.75) is 392 Å². The molecule has 0 aliphatic rings. The van der Waals surface area contributed by atoms with Crippen LogP contribution in [-0.4, -0.2) is 74.9 Å². The molecule has 0 fully saturated rings. The lowest BCUT2D eigenvalue weighted by Crippen LogP contribution is -2.37. The van der Waals surface area contributed by atoms with Gasteiger partial charge in [0, 0.05) is 12.8 Å². The molecule has 0 heterocycles. The molecule has 0 aliphatic carbocycles. The highest BCUT2D eigenvalue weighted by atomic mass is 31.2. The van der Waals surface area contributed by atoms with Gasteiger partial charge in [0.2, 0.25) is 0 Å². The highest BCUT2D eigenvalue weighted by Crippen LogP contribution is 2.43. The Balaban J connectivity index is 3.90. The van der Waals surface area contributed by atoms with Crippen LogP contribution in [0.25, 0.3) is 0 Å². The van der Waals surface area contributed by atoms with Gasteiger partial charge < -0.3 is 18.9 Å². The summed E-state index contributed by atoms with van der Waals surface area (Å²) in [5.74, 6) is -0.776. The van der Waals surface area contributed by atoms with E-state index in [4.69, 9.17) is 18.5 Å². The van der Waals surface area contributed by atoms with Gasteiger partial charge in [-0.15, -0.1) is 0 Å². The second-order valence-electron chi connectivity index (χ2n) is 27.0. The predicted molar refractivity (Wildman–Crippen MR) is 372 cm³/mol. The molecule has 0 amide bonds. The molecule has 0 aromatic heterocycles. The molecule has 508 valence electrons. The van der Waals surface area contributed by atoms with Gasteiger partial charge in [0.1, 0.15) is 19.8 Å². The Morgan fingerprint density at radius 3 is 0.930 bits per heavy atom. The molecule has 9 nitrogen and oxygen atoms in total. The van der Waals surface area contributed by atoms with Crippen molar-refractivity contribution in [2.24, 2.45) is 0 Å². The van der Waals surface area contributed by atoms with Gasteiger partial charge in [-0.2, -0.15) is 0 Å². The van der Waals surface area contributed by atoms with Crippen LogP contribution in [0.1, 0.15) is 386 Å². The standard InChI is InChI=1S/C76H146NO8P/c1-6-8-10-12-14-16-18-20-22-24-26-28-30-31-32-33-34-35-36-37-38-39-40-41-42-43-44-45-47-49-51-53-55-57-59-61-63-65-67-69-76(79)85-74(73-84-86(80,81)83-71-70-77(3,4)5)72-82-75(78)68-66-64-62-60-58-56-54-52-50-48-46-29-27-25-23-21-19-17-15-13-11-9-7-2/h18,20,24-27,74H,6-17,19,21-23,28-73H2,1-5H3/p+1/b20-18-,26-24-,27-25-. The number of carbonyl (C=O) groups excluding carboxylic acids is 2. The molecule has 0 spiro atoms. The molecule has 2 atom stereocenters.